The fourth-order valence-electron chi connectivity index (χ4n) is 3.17. The molecule has 0 aliphatic carbocycles. The second-order valence-electron chi connectivity index (χ2n) is 7.37. The van der Waals surface area contributed by atoms with Gasteiger partial charge in [-0.3, -0.25) is 0 Å². The van der Waals surface area contributed by atoms with E-state index < -0.39 is 0 Å². The first-order valence-corrected chi connectivity index (χ1v) is 8.36. The van der Waals surface area contributed by atoms with Crippen molar-refractivity contribution >= 4 is 0 Å². The molecule has 0 aromatic rings. The Labute approximate surface area is 139 Å². The summed E-state index contributed by atoms with van der Waals surface area (Å²) in [6.07, 6.45) is 0.911. The molecule has 0 aliphatic heterocycles. The Morgan fingerprint density at radius 3 is 1.86 bits per heavy atom. The minimum atomic E-state index is -0.329. The molecule has 0 amide bonds. The summed E-state index contributed by atoms with van der Waals surface area (Å²) in [5, 5.41) is 3.41. The molecule has 0 bridgehead atoms. The van der Waals surface area contributed by atoms with Gasteiger partial charge in [-0.1, -0.05) is 51.7 Å². The molecule has 0 aliphatic rings. The summed E-state index contributed by atoms with van der Waals surface area (Å²) in [6.45, 7) is 28.7. The Balaban J connectivity index is 6.16. The molecule has 0 heterocycles. The smallest absolute Gasteiger partial charge is 0.0656 e. The standard InChI is InChI=1S/C20H38N2/c1-13-16(6)20(15(4)5,17(7)21-11)18(8)22(12)19(9,10)14(2)3/h14,17,21H,4,6,8,13H2,1-3,5,7,9-12H3. The highest BCUT2D eigenvalue weighted by Crippen LogP contribution is 2.47. The first-order chi connectivity index (χ1) is 9.91. The minimum absolute atomic E-state index is 0.0132. The van der Waals surface area contributed by atoms with E-state index >= 15 is 0 Å². The van der Waals surface area contributed by atoms with Crippen LogP contribution in [0.25, 0.3) is 0 Å². The van der Waals surface area contributed by atoms with Crippen LogP contribution in [0.15, 0.2) is 36.6 Å². The van der Waals surface area contributed by atoms with E-state index in [0.29, 0.717) is 5.92 Å². The molecular formula is C20H38N2. The van der Waals surface area contributed by atoms with Gasteiger partial charge in [0.2, 0.25) is 0 Å². The van der Waals surface area contributed by atoms with Crippen molar-refractivity contribution in [3.8, 4) is 0 Å². The molecule has 128 valence electrons. The number of nitrogens with zero attached hydrogens (tertiary/aromatic N) is 1. The number of hydrogen-bond donors (Lipinski definition) is 1. The van der Waals surface area contributed by atoms with Crippen molar-refractivity contribution in [3.63, 3.8) is 0 Å². The highest BCUT2D eigenvalue weighted by molar-refractivity contribution is 5.40. The van der Waals surface area contributed by atoms with Gasteiger partial charge in [0, 0.05) is 24.3 Å². The Kier molecular flexibility index (Phi) is 7.15. The number of hydrogen-bond acceptors (Lipinski definition) is 2. The highest BCUT2D eigenvalue weighted by Gasteiger charge is 2.45. The van der Waals surface area contributed by atoms with Gasteiger partial charge < -0.3 is 10.2 Å². The fraction of sp³-hybridized carbons (Fsp3) is 0.700. The molecule has 2 atom stereocenters. The lowest BCUT2D eigenvalue weighted by molar-refractivity contribution is 0.113. The Morgan fingerprint density at radius 2 is 1.59 bits per heavy atom. The first-order valence-electron chi connectivity index (χ1n) is 8.36. The summed E-state index contributed by atoms with van der Waals surface area (Å²) >= 11 is 0. The van der Waals surface area contributed by atoms with Crippen molar-refractivity contribution in [2.45, 2.75) is 66.5 Å². The van der Waals surface area contributed by atoms with Crippen LogP contribution in [0.1, 0.15) is 54.9 Å². The summed E-state index contributed by atoms with van der Waals surface area (Å²) in [7, 11) is 4.14. The quantitative estimate of drug-likeness (QED) is 0.603. The Morgan fingerprint density at radius 1 is 1.14 bits per heavy atom. The maximum atomic E-state index is 4.50. The molecule has 22 heavy (non-hydrogen) atoms. The van der Waals surface area contributed by atoms with Gasteiger partial charge in [0.15, 0.2) is 0 Å². The molecule has 1 N–H and O–H groups in total. The zero-order valence-electron chi connectivity index (χ0n) is 16.4. The van der Waals surface area contributed by atoms with Gasteiger partial charge in [-0.15, -0.1) is 0 Å². The third-order valence-electron chi connectivity index (χ3n) is 5.88. The summed E-state index contributed by atoms with van der Waals surface area (Å²) in [6, 6.07) is 0.190. The van der Waals surface area contributed by atoms with Crippen molar-refractivity contribution in [1.82, 2.24) is 10.2 Å². The maximum absolute atomic E-state index is 4.50. The van der Waals surface area contributed by atoms with Gasteiger partial charge in [-0.25, -0.2) is 0 Å². The lowest BCUT2D eigenvalue weighted by Gasteiger charge is -2.51. The normalized spacial score (nSPS) is 16.1. The molecule has 2 nitrogen and oxygen atoms in total. The topological polar surface area (TPSA) is 15.3 Å². The van der Waals surface area contributed by atoms with Crippen molar-refractivity contribution in [2.24, 2.45) is 11.3 Å². The molecule has 2 heteroatoms. The van der Waals surface area contributed by atoms with Gasteiger partial charge in [-0.05, 0) is 47.1 Å². The molecular weight excluding hydrogens is 268 g/mol. The van der Waals surface area contributed by atoms with Crippen LogP contribution in [0.3, 0.4) is 0 Å². The molecule has 0 saturated heterocycles. The van der Waals surface area contributed by atoms with Crippen molar-refractivity contribution < 1.29 is 0 Å². The third-order valence-corrected chi connectivity index (χ3v) is 5.88. The highest BCUT2D eigenvalue weighted by atomic mass is 15.2. The molecule has 0 saturated carbocycles. The summed E-state index contributed by atoms with van der Waals surface area (Å²) in [5.74, 6) is 0.511. The average Bonchev–Trinajstić information content (AvgIpc) is 2.45. The van der Waals surface area contributed by atoms with Crippen LogP contribution in [-0.2, 0) is 0 Å². The number of nitrogens with one attached hydrogen (secondary N) is 1. The van der Waals surface area contributed by atoms with E-state index in [1.807, 2.05) is 7.05 Å². The van der Waals surface area contributed by atoms with Crippen molar-refractivity contribution in [2.75, 3.05) is 14.1 Å². The van der Waals surface area contributed by atoms with Gasteiger partial charge in [0.1, 0.15) is 0 Å². The third kappa shape index (κ3) is 3.32. The SMILES string of the molecule is C=C(C)C(C(=C)CC)(C(=C)N(C)C(C)(C)C(C)C)C(C)NC. The van der Waals surface area contributed by atoms with Crippen LogP contribution in [-0.4, -0.2) is 30.6 Å². The van der Waals surface area contributed by atoms with Crippen molar-refractivity contribution in [1.29, 1.82) is 0 Å². The molecule has 0 radical (unpaired) electrons. The zero-order valence-corrected chi connectivity index (χ0v) is 16.4. The van der Waals surface area contributed by atoms with Crippen LogP contribution >= 0.6 is 0 Å². The van der Waals surface area contributed by atoms with E-state index in [-0.39, 0.29) is 17.0 Å². The molecule has 0 aromatic heterocycles. The van der Waals surface area contributed by atoms with Gasteiger partial charge in [0.25, 0.3) is 0 Å². The van der Waals surface area contributed by atoms with E-state index in [9.17, 15) is 0 Å². The average molecular weight is 307 g/mol. The maximum Gasteiger partial charge on any atom is 0.0656 e. The summed E-state index contributed by atoms with van der Waals surface area (Å²) in [4.78, 5) is 2.32. The predicted octanol–water partition coefficient (Wildman–Crippen LogP) is 5.00. The molecule has 0 spiro atoms. The molecule has 0 fully saturated rings. The molecule has 0 aromatic carbocycles. The zero-order chi connectivity index (χ0) is 17.9. The van der Waals surface area contributed by atoms with Crippen LogP contribution in [0.2, 0.25) is 0 Å². The molecule has 2 unspecified atom stereocenters. The summed E-state index contributed by atoms with van der Waals surface area (Å²) in [5.41, 5.74) is 3.02. The van der Waals surface area contributed by atoms with E-state index in [0.717, 1.165) is 17.7 Å². The van der Waals surface area contributed by atoms with Gasteiger partial charge >= 0.3 is 0 Å². The monoisotopic (exact) mass is 306 g/mol. The fourth-order valence-corrected chi connectivity index (χ4v) is 3.17. The van der Waals surface area contributed by atoms with E-state index in [2.05, 4.69) is 85.5 Å². The largest absolute Gasteiger partial charge is 0.372 e. The van der Waals surface area contributed by atoms with Gasteiger partial charge in [0.05, 0.1) is 5.41 Å². The van der Waals surface area contributed by atoms with Crippen LogP contribution in [0, 0.1) is 11.3 Å². The van der Waals surface area contributed by atoms with E-state index in [1.165, 1.54) is 5.57 Å². The second kappa shape index (κ2) is 7.50. The van der Waals surface area contributed by atoms with E-state index in [4.69, 9.17) is 0 Å². The second-order valence-corrected chi connectivity index (χ2v) is 7.37. The Bertz CT molecular complexity index is 431. The summed E-state index contributed by atoms with van der Waals surface area (Å²) < 4.78 is 0. The lowest BCUT2D eigenvalue weighted by Crippen LogP contribution is -2.54. The lowest BCUT2D eigenvalue weighted by atomic mass is 9.66. The van der Waals surface area contributed by atoms with Crippen molar-refractivity contribution in [3.05, 3.63) is 36.6 Å². The van der Waals surface area contributed by atoms with Crippen LogP contribution in [0.4, 0.5) is 0 Å². The van der Waals surface area contributed by atoms with Gasteiger partial charge in [-0.2, -0.15) is 0 Å². The number of rotatable bonds is 9. The molecule has 0 rings (SSSR count). The first kappa shape index (κ1) is 21.0. The predicted molar refractivity (Wildman–Crippen MR) is 101 cm³/mol. The van der Waals surface area contributed by atoms with Crippen LogP contribution in [0.5, 0.6) is 0 Å². The Hall–Kier alpha value is -1.02. The van der Waals surface area contributed by atoms with Crippen LogP contribution < -0.4 is 5.32 Å². The minimum Gasteiger partial charge on any atom is -0.372 e. The van der Waals surface area contributed by atoms with E-state index in [1.54, 1.807) is 0 Å².